The van der Waals surface area contributed by atoms with Gasteiger partial charge in [0.15, 0.2) is 5.82 Å². The number of likely N-dealkylation sites (tertiary alicyclic amines) is 1. The summed E-state index contributed by atoms with van der Waals surface area (Å²) in [6, 6.07) is 6.65. The molecule has 0 saturated carbocycles. The zero-order valence-electron chi connectivity index (χ0n) is 17.9. The van der Waals surface area contributed by atoms with Gasteiger partial charge in [0.2, 0.25) is 0 Å². The van der Waals surface area contributed by atoms with Crippen LogP contribution in [0.3, 0.4) is 0 Å². The van der Waals surface area contributed by atoms with Gasteiger partial charge < -0.3 is 26.0 Å². The number of aromatic nitrogens is 2. The van der Waals surface area contributed by atoms with E-state index in [9.17, 15) is 24.3 Å². The molecular formula is C21H26FN7O3. The minimum absolute atomic E-state index is 0.0878. The molecule has 0 spiro atoms. The molecule has 10 nitrogen and oxygen atoms in total. The van der Waals surface area contributed by atoms with E-state index in [1.54, 1.807) is 0 Å². The Bertz CT molecular complexity index is 1020. The Morgan fingerprint density at radius 3 is 2.62 bits per heavy atom. The molecule has 2 aromatic rings. The summed E-state index contributed by atoms with van der Waals surface area (Å²) in [6.45, 7) is 0.848. The van der Waals surface area contributed by atoms with Crippen molar-refractivity contribution in [2.75, 3.05) is 32.5 Å². The molecule has 1 aromatic carbocycles. The number of carbonyl (C=O) groups excluding carboxylic acids is 1. The van der Waals surface area contributed by atoms with E-state index >= 15 is 0 Å². The number of benzene rings is 1. The lowest BCUT2D eigenvalue weighted by atomic mass is 9.85. The van der Waals surface area contributed by atoms with E-state index < -0.39 is 35.8 Å². The van der Waals surface area contributed by atoms with Crippen molar-refractivity contribution in [2.45, 2.75) is 24.9 Å². The third kappa shape index (κ3) is 4.97. The predicted molar refractivity (Wildman–Crippen MR) is 115 cm³/mol. The van der Waals surface area contributed by atoms with Crippen molar-refractivity contribution in [1.82, 2.24) is 19.6 Å². The smallest absolute Gasteiger partial charge is 0.407 e. The van der Waals surface area contributed by atoms with E-state index in [1.807, 2.05) is 19.0 Å². The van der Waals surface area contributed by atoms with E-state index in [0.29, 0.717) is 25.1 Å². The summed E-state index contributed by atoms with van der Waals surface area (Å²) in [6.07, 6.45) is 1.20. The number of halogens is 1. The van der Waals surface area contributed by atoms with E-state index in [-0.39, 0.29) is 17.9 Å². The Kier molecular flexibility index (Phi) is 6.95. The second kappa shape index (κ2) is 9.65. The Hall–Kier alpha value is -3.65. The molecule has 0 aliphatic carbocycles. The van der Waals surface area contributed by atoms with Gasteiger partial charge in [-0.25, -0.2) is 9.18 Å². The second-order valence-corrected chi connectivity index (χ2v) is 8.02. The average Bonchev–Trinajstić information content (AvgIpc) is 3.16. The van der Waals surface area contributed by atoms with Gasteiger partial charge in [-0.3, -0.25) is 9.48 Å². The van der Waals surface area contributed by atoms with E-state index in [0.717, 1.165) is 0 Å². The summed E-state index contributed by atoms with van der Waals surface area (Å²) in [5.74, 6) is -1.49. The molecular weight excluding hydrogens is 417 g/mol. The minimum Gasteiger partial charge on any atom is -0.465 e. The van der Waals surface area contributed by atoms with Gasteiger partial charge in [-0.15, -0.1) is 0 Å². The van der Waals surface area contributed by atoms with Gasteiger partial charge in [0.25, 0.3) is 5.91 Å². The molecule has 1 unspecified atom stereocenters. The van der Waals surface area contributed by atoms with Crippen molar-refractivity contribution in [3.63, 3.8) is 0 Å². The molecule has 3 rings (SSSR count). The summed E-state index contributed by atoms with van der Waals surface area (Å²) in [7, 11) is 3.77. The van der Waals surface area contributed by atoms with Crippen LogP contribution in [0.15, 0.2) is 30.5 Å². The fourth-order valence-electron chi connectivity index (χ4n) is 4.01. The molecule has 0 bridgehead atoms. The summed E-state index contributed by atoms with van der Waals surface area (Å²) in [5, 5.41) is 26.9. The molecule has 2 heterocycles. The SMILES string of the molecule is CN(C)CCC1[C@H](n2cc(C(N)=O)c(Nc3ccc(F)cc3)n2)[C@@H](C#N)CCN1C(=O)O. The number of nitrogens with zero attached hydrogens (tertiary/aromatic N) is 5. The number of rotatable bonds is 7. The lowest BCUT2D eigenvalue weighted by molar-refractivity contribution is 0.0544. The first-order valence-electron chi connectivity index (χ1n) is 10.2. The van der Waals surface area contributed by atoms with Crippen molar-refractivity contribution in [3.8, 4) is 6.07 Å². The summed E-state index contributed by atoms with van der Waals surface area (Å²) in [4.78, 5) is 27.3. The Balaban J connectivity index is 2.02. The van der Waals surface area contributed by atoms with Crippen LogP contribution in [-0.4, -0.2) is 69.9 Å². The Morgan fingerprint density at radius 1 is 1.38 bits per heavy atom. The van der Waals surface area contributed by atoms with Crippen LogP contribution < -0.4 is 11.1 Å². The number of nitrogens with two attached hydrogens (primary N) is 1. The fourth-order valence-corrected chi connectivity index (χ4v) is 4.01. The lowest BCUT2D eigenvalue weighted by Gasteiger charge is -2.42. The number of primary amides is 1. The van der Waals surface area contributed by atoms with Crippen LogP contribution in [0.5, 0.6) is 0 Å². The maximum absolute atomic E-state index is 13.2. The van der Waals surface area contributed by atoms with Gasteiger partial charge in [0.05, 0.1) is 24.1 Å². The number of nitriles is 1. The van der Waals surface area contributed by atoms with Crippen LogP contribution in [-0.2, 0) is 0 Å². The van der Waals surface area contributed by atoms with Gasteiger partial charge in [0, 0.05) is 18.4 Å². The van der Waals surface area contributed by atoms with Crippen LogP contribution in [0, 0.1) is 23.1 Å². The predicted octanol–water partition coefficient (Wildman–Crippen LogP) is 2.25. The van der Waals surface area contributed by atoms with Gasteiger partial charge in [-0.1, -0.05) is 0 Å². The maximum Gasteiger partial charge on any atom is 0.407 e. The van der Waals surface area contributed by atoms with Crippen LogP contribution in [0.4, 0.5) is 20.7 Å². The highest BCUT2D eigenvalue weighted by Crippen LogP contribution is 2.36. The summed E-state index contributed by atoms with van der Waals surface area (Å²) < 4.78 is 14.7. The van der Waals surface area contributed by atoms with Crippen LogP contribution in [0.1, 0.15) is 29.2 Å². The number of hydrogen-bond acceptors (Lipinski definition) is 6. The first-order valence-corrected chi connectivity index (χ1v) is 10.2. The second-order valence-electron chi connectivity index (χ2n) is 8.02. The molecule has 1 aliphatic heterocycles. The van der Waals surface area contributed by atoms with E-state index in [2.05, 4.69) is 16.5 Å². The van der Waals surface area contributed by atoms with E-state index in [4.69, 9.17) is 5.73 Å². The monoisotopic (exact) mass is 443 g/mol. The summed E-state index contributed by atoms with van der Waals surface area (Å²) in [5.41, 5.74) is 6.13. The van der Waals surface area contributed by atoms with Crippen molar-refractivity contribution in [1.29, 1.82) is 5.26 Å². The summed E-state index contributed by atoms with van der Waals surface area (Å²) >= 11 is 0. The van der Waals surface area contributed by atoms with Gasteiger partial charge in [-0.05, 0) is 57.7 Å². The van der Waals surface area contributed by atoms with E-state index in [1.165, 1.54) is 40.0 Å². The van der Waals surface area contributed by atoms with Crippen LogP contribution >= 0.6 is 0 Å². The number of amides is 2. The Labute approximate surface area is 185 Å². The molecule has 1 saturated heterocycles. The van der Waals surface area contributed by atoms with Crippen molar-refractivity contribution in [3.05, 3.63) is 41.8 Å². The highest BCUT2D eigenvalue weighted by Gasteiger charge is 2.42. The van der Waals surface area contributed by atoms with Crippen LogP contribution in [0.2, 0.25) is 0 Å². The molecule has 2 amide bonds. The number of piperidine rings is 1. The topological polar surface area (TPSA) is 141 Å². The maximum atomic E-state index is 13.2. The van der Waals surface area contributed by atoms with Gasteiger partial charge in [-0.2, -0.15) is 10.4 Å². The van der Waals surface area contributed by atoms with Gasteiger partial charge in [0.1, 0.15) is 11.4 Å². The third-order valence-electron chi connectivity index (χ3n) is 5.58. The van der Waals surface area contributed by atoms with Crippen LogP contribution in [0.25, 0.3) is 0 Å². The zero-order chi connectivity index (χ0) is 23.4. The number of anilines is 2. The first kappa shape index (κ1) is 23.0. The van der Waals surface area contributed by atoms with Crippen molar-refractivity contribution < 1.29 is 19.1 Å². The standard InChI is InChI=1S/C21H26FN7O3/c1-27(2)9-8-17-18(13(11-23)7-10-28(17)21(31)32)29-12-16(19(24)30)20(26-29)25-15-5-3-14(22)4-6-15/h3-6,12-13,17-18H,7-10H2,1-2H3,(H2,24,30)(H,25,26)(H,31,32)/t13-,17?,18-/m1/s1. The lowest BCUT2D eigenvalue weighted by Crippen LogP contribution is -2.52. The molecule has 32 heavy (non-hydrogen) atoms. The molecule has 0 radical (unpaired) electrons. The number of carbonyl (C=O) groups is 2. The van der Waals surface area contributed by atoms with Gasteiger partial charge >= 0.3 is 6.09 Å². The highest BCUT2D eigenvalue weighted by atomic mass is 19.1. The molecule has 1 fully saturated rings. The quantitative estimate of drug-likeness (QED) is 0.596. The number of hydrogen-bond donors (Lipinski definition) is 3. The molecule has 170 valence electrons. The molecule has 4 N–H and O–H groups in total. The first-order chi connectivity index (χ1) is 15.2. The number of nitrogens with one attached hydrogen (secondary N) is 1. The normalized spacial score (nSPS) is 20.7. The minimum atomic E-state index is -1.07. The highest BCUT2D eigenvalue weighted by molar-refractivity contribution is 5.98. The fraction of sp³-hybridized carbons (Fsp3) is 0.429. The van der Waals surface area contributed by atoms with Crippen molar-refractivity contribution in [2.24, 2.45) is 11.7 Å². The van der Waals surface area contributed by atoms with Crippen molar-refractivity contribution >= 4 is 23.5 Å². The molecule has 1 aliphatic rings. The zero-order valence-corrected chi connectivity index (χ0v) is 17.9. The molecule has 3 atom stereocenters. The third-order valence-corrected chi connectivity index (χ3v) is 5.58. The Morgan fingerprint density at radius 2 is 2.06 bits per heavy atom. The molecule has 11 heteroatoms. The largest absolute Gasteiger partial charge is 0.465 e. The number of carboxylic acid groups (broad SMARTS) is 1. The molecule has 1 aromatic heterocycles. The average molecular weight is 443 g/mol.